The first-order chi connectivity index (χ1) is 9.77. The molecule has 2 rings (SSSR count). The highest BCUT2D eigenvalue weighted by atomic mass is 32.2. The van der Waals surface area contributed by atoms with E-state index in [2.05, 4.69) is 10.9 Å². The van der Waals surface area contributed by atoms with Crippen LogP contribution < -0.4 is 10.9 Å². The van der Waals surface area contributed by atoms with Gasteiger partial charge in [0.05, 0.1) is 11.8 Å². The number of hydrazine groups is 2. The zero-order valence-electron chi connectivity index (χ0n) is 10.3. The number of nitrogens with zero attached hydrogens (tertiary/aromatic N) is 2. The van der Waals surface area contributed by atoms with Crippen molar-refractivity contribution in [2.45, 2.75) is 0 Å². The van der Waals surface area contributed by atoms with Crippen molar-refractivity contribution in [2.24, 2.45) is 0 Å². The number of anilines is 1. The molecule has 0 atom stereocenters. The molecule has 0 radical (unpaired) electrons. The van der Waals surface area contributed by atoms with Gasteiger partial charge in [-0.15, -0.1) is 16.9 Å². The summed E-state index contributed by atoms with van der Waals surface area (Å²) in [6, 6.07) is 1.36. The van der Waals surface area contributed by atoms with E-state index >= 15 is 0 Å². The summed E-state index contributed by atoms with van der Waals surface area (Å²) in [5.74, 6) is -1.72. The molecule has 2 heterocycles. The Labute approximate surface area is 123 Å². The summed E-state index contributed by atoms with van der Waals surface area (Å²) < 4.78 is 30.8. The Morgan fingerprint density at radius 3 is 2.67 bits per heavy atom. The Bertz CT molecular complexity index is 697. The van der Waals surface area contributed by atoms with E-state index in [0.717, 1.165) is 22.5 Å². The van der Waals surface area contributed by atoms with Crippen molar-refractivity contribution in [1.82, 2.24) is 15.0 Å². The topological polar surface area (TPSA) is 139 Å². The van der Waals surface area contributed by atoms with Gasteiger partial charge in [0, 0.05) is 6.20 Å². The van der Waals surface area contributed by atoms with Gasteiger partial charge >= 0.3 is 16.3 Å². The highest BCUT2D eigenvalue weighted by Crippen LogP contribution is 2.23. The number of hydrogen-bond donors (Lipinski definition) is 4. The van der Waals surface area contributed by atoms with E-state index in [0.29, 0.717) is 4.41 Å². The van der Waals surface area contributed by atoms with Gasteiger partial charge in [-0.25, -0.2) is 4.79 Å². The van der Waals surface area contributed by atoms with Crippen molar-refractivity contribution < 1.29 is 27.7 Å². The molecule has 12 heteroatoms. The van der Waals surface area contributed by atoms with E-state index in [4.69, 9.17) is 9.66 Å². The van der Waals surface area contributed by atoms with Crippen LogP contribution in [0.5, 0.6) is 0 Å². The van der Waals surface area contributed by atoms with Crippen LogP contribution in [0.25, 0.3) is 0 Å². The number of thiophene rings is 1. The van der Waals surface area contributed by atoms with Crippen LogP contribution in [0.1, 0.15) is 10.4 Å². The molecule has 1 amide bonds. The molecule has 114 valence electrons. The molecule has 10 nitrogen and oxygen atoms in total. The van der Waals surface area contributed by atoms with E-state index in [1.807, 2.05) is 0 Å². The van der Waals surface area contributed by atoms with Crippen LogP contribution in [0.4, 0.5) is 5.00 Å². The summed E-state index contributed by atoms with van der Waals surface area (Å²) in [7, 11) is -4.45. The lowest BCUT2D eigenvalue weighted by molar-refractivity contribution is -0.117. The fourth-order valence-corrected chi connectivity index (χ4v) is 2.66. The third kappa shape index (κ3) is 3.69. The van der Waals surface area contributed by atoms with Gasteiger partial charge in [-0.05, 0) is 11.4 Å². The highest BCUT2D eigenvalue weighted by molar-refractivity contribution is 7.83. The molecular weight excluding hydrogens is 324 g/mol. The van der Waals surface area contributed by atoms with Crippen LogP contribution >= 0.6 is 11.3 Å². The van der Waals surface area contributed by atoms with E-state index in [1.165, 1.54) is 17.6 Å². The van der Waals surface area contributed by atoms with E-state index in [9.17, 15) is 18.0 Å². The maximum absolute atomic E-state index is 11.8. The SMILES string of the molecule is O=C(CN1C=CN(S(=O)(=O)O)N1)Nc1sccc1C(=O)O. The van der Waals surface area contributed by atoms with Gasteiger partial charge in [0.2, 0.25) is 5.91 Å². The molecule has 1 aliphatic heterocycles. The average Bonchev–Trinajstić information content (AvgIpc) is 2.96. The number of aromatic carboxylic acids is 1. The zero-order chi connectivity index (χ0) is 15.6. The zero-order valence-corrected chi connectivity index (χ0v) is 11.9. The molecule has 0 unspecified atom stereocenters. The Morgan fingerprint density at radius 2 is 2.10 bits per heavy atom. The molecule has 0 aliphatic carbocycles. The Kier molecular flexibility index (Phi) is 4.13. The van der Waals surface area contributed by atoms with Crippen LogP contribution in [0.3, 0.4) is 0 Å². The van der Waals surface area contributed by atoms with Gasteiger partial charge in [0.15, 0.2) is 0 Å². The molecular formula is C9H10N4O6S2. The number of carbonyl (C=O) groups is 2. The molecule has 0 bridgehead atoms. The van der Waals surface area contributed by atoms with Gasteiger partial charge in [-0.3, -0.25) is 14.4 Å². The van der Waals surface area contributed by atoms with Crippen molar-refractivity contribution in [2.75, 3.05) is 11.9 Å². The van der Waals surface area contributed by atoms with Gasteiger partial charge in [0.1, 0.15) is 11.5 Å². The van der Waals surface area contributed by atoms with Crippen LogP contribution in [-0.4, -0.2) is 45.9 Å². The second kappa shape index (κ2) is 5.69. The number of hydrogen-bond acceptors (Lipinski definition) is 7. The Hall–Kier alpha value is -2.15. The summed E-state index contributed by atoms with van der Waals surface area (Å²) in [6.07, 6.45) is 2.23. The lowest BCUT2D eigenvalue weighted by Crippen LogP contribution is -2.45. The van der Waals surface area contributed by atoms with Crippen molar-refractivity contribution >= 4 is 38.5 Å². The lowest BCUT2D eigenvalue weighted by atomic mass is 10.3. The van der Waals surface area contributed by atoms with Crippen LogP contribution in [0.2, 0.25) is 0 Å². The van der Waals surface area contributed by atoms with E-state index < -0.39 is 22.2 Å². The minimum atomic E-state index is -4.45. The summed E-state index contributed by atoms with van der Waals surface area (Å²) in [5.41, 5.74) is 2.19. The molecule has 0 fully saturated rings. The third-order valence-corrected chi connectivity index (χ3v) is 3.85. The number of carboxylic acid groups (broad SMARTS) is 1. The smallest absolute Gasteiger partial charge is 0.374 e. The minimum absolute atomic E-state index is 0.0298. The van der Waals surface area contributed by atoms with Gasteiger partial charge < -0.3 is 10.4 Å². The predicted octanol–water partition coefficient (Wildman–Crippen LogP) is -0.304. The number of carbonyl (C=O) groups excluding carboxylic acids is 1. The van der Waals surface area contributed by atoms with Crippen molar-refractivity contribution in [3.8, 4) is 0 Å². The van der Waals surface area contributed by atoms with Crippen LogP contribution in [-0.2, 0) is 15.1 Å². The molecule has 4 N–H and O–H groups in total. The number of rotatable bonds is 5. The largest absolute Gasteiger partial charge is 0.478 e. The average molecular weight is 334 g/mol. The molecule has 0 saturated carbocycles. The lowest BCUT2D eigenvalue weighted by Gasteiger charge is -2.19. The fourth-order valence-electron chi connectivity index (χ4n) is 1.45. The van der Waals surface area contributed by atoms with Crippen molar-refractivity contribution in [1.29, 1.82) is 0 Å². The molecule has 1 aromatic rings. The molecule has 0 spiro atoms. The van der Waals surface area contributed by atoms with Gasteiger partial charge in [-0.2, -0.15) is 12.8 Å². The second-order valence-electron chi connectivity index (χ2n) is 3.82. The molecule has 1 aromatic heterocycles. The van der Waals surface area contributed by atoms with Crippen LogP contribution in [0.15, 0.2) is 23.8 Å². The maximum atomic E-state index is 11.8. The maximum Gasteiger partial charge on any atom is 0.374 e. The summed E-state index contributed by atoms with van der Waals surface area (Å²) in [6.45, 7) is -0.292. The normalized spacial score (nSPS) is 14.5. The fraction of sp³-hybridized carbons (Fsp3) is 0.111. The standard InChI is InChI=1S/C9H10N4O6S2/c14-7(10-8-6(9(15)16)1-4-20-8)5-12-2-3-13(11-12)21(17,18)19/h1-4,11H,5H2,(H,10,14)(H,15,16)(H,17,18,19). The third-order valence-electron chi connectivity index (χ3n) is 2.32. The summed E-state index contributed by atoms with van der Waals surface area (Å²) in [4.78, 5) is 22.6. The molecule has 21 heavy (non-hydrogen) atoms. The first-order valence-electron chi connectivity index (χ1n) is 5.36. The first kappa shape index (κ1) is 15.2. The first-order valence-corrected chi connectivity index (χ1v) is 7.64. The van der Waals surface area contributed by atoms with E-state index in [-0.39, 0.29) is 17.1 Å². The number of amides is 1. The summed E-state index contributed by atoms with van der Waals surface area (Å²) in [5, 5.41) is 14.1. The Balaban J connectivity index is 1.93. The molecule has 0 saturated heterocycles. The van der Waals surface area contributed by atoms with Crippen LogP contribution in [0, 0.1) is 0 Å². The van der Waals surface area contributed by atoms with Crippen molar-refractivity contribution in [3.63, 3.8) is 0 Å². The Morgan fingerprint density at radius 1 is 1.38 bits per heavy atom. The van der Waals surface area contributed by atoms with Gasteiger partial charge in [-0.1, -0.05) is 0 Å². The number of carboxylic acids is 1. The van der Waals surface area contributed by atoms with E-state index in [1.54, 1.807) is 0 Å². The minimum Gasteiger partial charge on any atom is -0.478 e. The molecule has 0 aromatic carbocycles. The number of nitrogens with one attached hydrogen (secondary N) is 2. The highest BCUT2D eigenvalue weighted by Gasteiger charge is 2.23. The van der Waals surface area contributed by atoms with Crippen molar-refractivity contribution in [3.05, 3.63) is 29.4 Å². The van der Waals surface area contributed by atoms with Gasteiger partial charge in [0.25, 0.3) is 0 Å². The quantitative estimate of drug-likeness (QED) is 0.538. The summed E-state index contributed by atoms with van der Waals surface area (Å²) >= 11 is 1.05. The molecule has 1 aliphatic rings. The monoisotopic (exact) mass is 334 g/mol. The second-order valence-corrected chi connectivity index (χ2v) is 6.02. The predicted molar refractivity (Wildman–Crippen MR) is 72.3 cm³/mol.